The van der Waals surface area contributed by atoms with Gasteiger partial charge >= 0.3 is 0 Å². The number of furan rings is 1. The Morgan fingerprint density at radius 3 is 2.62 bits per heavy atom. The first-order chi connectivity index (χ1) is 13.9. The Labute approximate surface area is 173 Å². The van der Waals surface area contributed by atoms with Gasteiger partial charge in [-0.1, -0.05) is 29.5 Å². The fraction of sp³-hybridized carbons (Fsp3) is 0.300. The Morgan fingerprint density at radius 2 is 1.93 bits per heavy atom. The van der Waals surface area contributed by atoms with Crippen LogP contribution in [0.4, 0.5) is 5.69 Å². The number of hydrogen-bond donors (Lipinski definition) is 2. The number of rotatable bonds is 8. The number of thioether (sulfide) groups is 1. The van der Waals surface area contributed by atoms with Gasteiger partial charge < -0.3 is 19.6 Å². The van der Waals surface area contributed by atoms with E-state index in [0.29, 0.717) is 11.7 Å². The lowest BCUT2D eigenvalue weighted by molar-refractivity contribution is -0.122. The number of nitrogens with zero attached hydrogens (tertiary/aromatic N) is 3. The van der Waals surface area contributed by atoms with Crippen molar-refractivity contribution in [1.29, 1.82) is 0 Å². The Kier molecular flexibility index (Phi) is 6.71. The molecule has 1 aromatic carbocycles. The summed E-state index contributed by atoms with van der Waals surface area (Å²) in [4.78, 5) is 24.3. The minimum absolute atomic E-state index is 0.0920. The predicted molar refractivity (Wildman–Crippen MR) is 111 cm³/mol. The van der Waals surface area contributed by atoms with E-state index in [2.05, 4.69) is 20.8 Å². The summed E-state index contributed by atoms with van der Waals surface area (Å²) >= 11 is 1.25. The summed E-state index contributed by atoms with van der Waals surface area (Å²) in [7, 11) is 0. The second-order valence-corrected chi connectivity index (χ2v) is 7.65. The molecule has 0 aliphatic carbocycles. The van der Waals surface area contributed by atoms with Gasteiger partial charge in [-0.15, -0.1) is 10.2 Å². The van der Waals surface area contributed by atoms with E-state index in [1.54, 1.807) is 17.2 Å². The van der Waals surface area contributed by atoms with E-state index in [0.717, 1.165) is 28.1 Å². The van der Waals surface area contributed by atoms with Crippen LogP contribution in [0.1, 0.15) is 22.5 Å². The van der Waals surface area contributed by atoms with Crippen LogP contribution in [-0.4, -0.2) is 38.9 Å². The first-order valence-electron chi connectivity index (χ1n) is 9.09. The first kappa shape index (κ1) is 20.7. The highest BCUT2D eigenvalue weighted by atomic mass is 32.2. The van der Waals surface area contributed by atoms with Crippen LogP contribution >= 0.6 is 11.8 Å². The van der Waals surface area contributed by atoms with Crippen LogP contribution in [0.2, 0.25) is 0 Å². The smallest absolute Gasteiger partial charge is 0.243 e. The van der Waals surface area contributed by atoms with Gasteiger partial charge in [0.05, 0.1) is 25.1 Å². The van der Waals surface area contributed by atoms with Crippen molar-refractivity contribution in [2.45, 2.75) is 32.5 Å². The molecule has 29 heavy (non-hydrogen) atoms. The largest absolute Gasteiger partial charge is 0.467 e. The lowest BCUT2D eigenvalue weighted by Crippen LogP contribution is -2.34. The number of anilines is 1. The van der Waals surface area contributed by atoms with Gasteiger partial charge in [0.1, 0.15) is 12.1 Å². The third kappa shape index (κ3) is 5.71. The third-order valence-corrected chi connectivity index (χ3v) is 5.19. The molecule has 8 nitrogen and oxygen atoms in total. The number of hydrogen-bond acceptors (Lipinski definition) is 6. The Hall–Kier alpha value is -3.07. The van der Waals surface area contributed by atoms with Gasteiger partial charge in [-0.25, -0.2) is 0 Å². The summed E-state index contributed by atoms with van der Waals surface area (Å²) in [6.07, 6.45) is 3.19. The van der Waals surface area contributed by atoms with Crippen LogP contribution in [-0.2, 0) is 16.1 Å². The lowest BCUT2D eigenvalue weighted by Gasteiger charge is -2.13. The molecule has 0 bridgehead atoms. The minimum atomic E-state index is -0.264. The molecule has 2 N–H and O–H groups in total. The quantitative estimate of drug-likeness (QED) is 0.551. The SMILES string of the molecule is Cc1cc(C)c(NC(=O)CNC(=O)CSc2nncn2Cc2ccco2)c(C)c1. The molecule has 2 heterocycles. The van der Waals surface area contributed by atoms with E-state index in [1.165, 1.54) is 11.8 Å². The molecule has 0 atom stereocenters. The normalized spacial score (nSPS) is 10.7. The zero-order chi connectivity index (χ0) is 20.8. The topological polar surface area (TPSA) is 102 Å². The molecule has 0 fully saturated rings. The average Bonchev–Trinajstić information content (AvgIpc) is 3.33. The molecular formula is C20H23N5O3S. The lowest BCUT2D eigenvalue weighted by atomic mass is 10.1. The molecule has 0 spiro atoms. The molecule has 2 aromatic heterocycles. The number of nitrogens with one attached hydrogen (secondary N) is 2. The van der Waals surface area contributed by atoms with Gasteiger partial charge in [-0.05, 0) is 44.0 Å². The minimum Gasteiger partial charge on any atom is -0.467 e. The van der Waals surface area contributed by atoms with Crippen molar-refractivity contribution >= 4 is 29.3 Å². The molecule has 0 aliphatic rings. The van der Waals surface area contributed by atoms with Crippen LogP contribution in [0.25, 0.3) is 0 Å². The van der Waals surface area contributed by atoms with Gasteiger partial charge in [0.15, 0.2) is 5.16 Å². The number of aromatic nitrogens is 3. The van der Waals surface area contributed by atoms with E-state index in [4.69, 9.17) is 4.42 Å². The fourth-order valence-electron chi connectivity index (χ4n) is 2.96. The summed E-state index contributed by atoms with van der Waals surface area (Å²) in [5.74, 6) is 0.385. The fourth-order valence-corrected chi connectivity index (χ4v) is 3.70. The number of amides is 2. The highest BCUT2D eigenvalue weighted by Gasteiger charge is 2.12. The number of carbonyl (C=O) groups is 2. The monoisotopic (exact) mass is 413 g/mol. The molecule has 9 heteroatoms. The highest BCUT2D eigenvalue weighted by Crippen LogP contribution is 2.21. The first-order valence-corrected chi connectivity index (χ1v) is 10.1. The van der Waals surface area contributed by atoms with E-state index in [9.17, 15) is 9.59 Å². The number of benzene rings is 1. The summed E-state index contributed by atoms with van der Waals surface area (Å²) in [5, 5.41) is 14.0. The van der Waals surface area contributed by atoms with Crippen molar-refractivity contribution in [3.63, 3.8) is 0 Å². The Bertz CT molecular complexity index is 974. The molecule has 0 aliphatic heterocycles. The second kappa shape index (κ2) is 9.42. The van der Waals surface area contributed by atoms with Crippen molar-refractivity contribution in [2.24, 2.45) is 0 Å². The zero-order valence-electron chi connectivity index (χ0n) is 16.6. The van der Waals surface area contributed by atoms with E-state index in [1.807, 2.05) is 45.0 Å². The van der Waals surface area contributed by atoms with Crippen molar-refractivity contribution in [3.05, 3.63) is 59.3 Å². The van der Waals surface area contributed by atoms with Crippen molar-refractivity contribution in [1.82, 2.24) is 20.1 Å². The predicted octanol–water partition coefficient (Wildman–Crippen LogP) is 2.69. The Balaban J connectivity index is 1.46. The highest BCUT2D eigenvalue weighted by molar-refractivity contribution is 7.99. The zero-order valence-corrected chi connectivity index (χ0v) is 17.4. The van der Waals surface area contributed by atoms with Gasteiger partial charge in [-0.2, -0.15) is 0 Å². The maximum atomic E-state index is 12.2. The average molecular weight is 414 g/mol. The van der Waals surface area contributed by atoms with Crippen molar-refractivity contribution in [3.8, 4) is 0 Å². The summed E-state index contributed by atoms with van der Waals surface area (Å²) in [6.45, 7) is 6.30. The van der Waals surface area contributed by atoms with Gasteiger partial charge in [0, 0.05) is 5.69 Å². The van der Waals surface area contributed by atoms with Crippen LogP contribution in [0, 0.1) is 20.8 Å². The van der Waals surface area contributed by atoms with Crippen LogP contribution in [0.5, 0.6) is 0 Å². The van der Waals surface area contributed by atoms with Crippen molar-refractivity contribution < 1.29 is 14.0 Å². The molecule has 0 saturated heterocycles. The maximum Gasteiger partial charge on any atom is 0.243 e. The van der Waals surface area contributed by atoms with Crippen LogP contribution in [0.3, 0.4) is 0 Å². The van der Waals surface area contributed by atoms with Crippen LogP contribution < -0.4 is 10.6 Å². The second-order valence-electron chi connectivity index (χ2n) is 6.71. The van der Waals surface area contributed by atoms with Gasteiger partial charge in [0.2, 0.25) is 11.8 Å². The standard InChI is InChI=1S/C20H23N5O3S/c1-13-7-14(2)19(15(3)8-13)23-17(26)9-21-18(27)11-29-20-24-22-12-25(20)10-16-5-4-6-28-16/h4-8,12H,9-11H2,1-3H3,(H,21,27)(H,23,26). The van der Waals surface area contributed by atoms with E-state index >= 15 is 0 Å². The molecule has 0 unspecified atom stereocenters. The third-order valence-electron chi connectivity index (χ3n) is 4.21. The Morgan fingerprint density at radius 1 is 1.17 bits per heavy atom. The molecule has 0 saturated carbocycles. The number of carbonyl (C=O) groups excluding carboxylic acids is 2. The summed E-state index contributed by atoms with van der Waals surface area (Å²) < 4.78 is 7.11. The molecule has 3 rings (SSSR count). The molecular weight excluding hydrogens is 390 g/mol. The van der Waals surface area contributed by atoms with Crippen molar-refractivity contribution in [2.75, 3.05) is 17.6 Å². The number of aryl methyl sites for hydroxylation is 3. The molecule has 152 valence electrons. The summed E-state index contributed by atoms with van der Waals surface area (Å²) in [5.41, 5.74) is 3.92. The maximum absolute atomic E-state index is 12.2. The molecule has 2 amide bonds. The van der Waals surface area contributed by atoms with E-state index in [-0.39, 0.29) is 24.1 Å². The summed E-state index contributed by atoms with van der Waals surface area (Å²) in [6, 6.07) is 7.69. The van der Waals surface area contributed by atoms with Gasteiger partial charge in [0.25, 0.3) is 0 Å². The van der Waals surface area contributed by atoms with Crippen LogP contribution in [0.15, 0.2) is 46.4 Å². The molecule has 0 radical (unpaired) electrons. The van der Waals surface area contributed by atoms with Gasteiger partial charge in [-0.3, -0.25) is 9.59 Å². The van der Waals surface area contributed by atoms with E-state index < -0.39 is 0 Å². The molecule has 3 aromatic rings.